The molecular weight excluding hydrogens is 530 g/mol. The van der Waals surface area contributed by atoms with Crippen molar-refractivity contribution >= 4 is 23.3 Å². The van der Waals surface area contributed by atoms with Gasteiger partial charge < -0.3 is 20.7 Å². The highest BCUT2D eigenvalue weighted by Crippen LogP contribution is 2.34. The first-order valence-corrected chi connectivity index (χ1v) is 14.3. The summed E-state index contributed by atoms with van der Waals surface area (Å²) in [7, 11) is 1.62. The number of amides is 3. The van der Waals surface area contributed by atoms with Crippen LogP contribution in [0.5, 0.6) is 5.75 Å². The molecule has 42 heavy (non-hydrogen) atoms. The van der Waals surface area contributed by atoms with Crippen LogP contribution in [0.1, 0.15) is 71.0 Å². The van der Waals surface area contributed by atoms with E-state index in [1.165, 1.54) is 6.42 Å². The monoisotopic (exact) mass is 567 g/mol. The SMILES string of the molecule is COc1ccc(-c2ccc(C(=O)NC(c3nnn[nH]3)C3CCCCC3)c(NC(=O)Nc3c(C)cc(C)cc3C)c2)cc1. The van der Waals surface area contributed by atoms with Crippen LogP contribution in [-0.2, 0) is 0 Å². The van der Waals surface area contributed by atoms with Crippen molar-refractivity contribution in [2.75, 3.05) is 17.7 Å². The Morgan fingerprint density at radius 1 is 0.905 bits per heavy atom. The van der Waals surface area contributed by atoms with E-state index >= 15 is 0 Å². The molecule has 1 saturated carbocycles. The van der Waals surface area contributed by atoms with Crippen molar-refractivity contribution in [3.05, 3.63) is 82.7 Å². The van der Waals surface area contributed by atoms with Crippen molar-refractivity contribution in [3.63, 3.8) is 0 Å². The molecule has 4 N–H and O–H groups in total. The first-order valence-electron chi connectivity index (χ1n) is 14.3. The maximum Gasteiger partial charge on any atom is 0.323 e. The number of H-pyrrole nitrogens is 1. The molecule has 1 aliphatic rings. The lowest BCUT2D eigenvalue weighted by Gasteiger charge is -2.29. The summed E-state index contributed by atoms with van der Waals surface area (Å²) in [5, 5.41) is 23.6. The van der Waals surface area contributed by atoms with Crippen molar-refractivity contribution in [1.82, 2.24) is 25.9 Å². The lowest BCUT2D eigenvalue weighted by Crippen LogP contribution is -2.36. The van der Waals surface area contributed by atoms with Gasteiger partial charge in [0.2, 0.25) is 0 Å². The Balaban J connectivity index is 1.46. The molecule has 10 nitrogen and oxygen atoms in total. The number of urea groups is 1. The minimum atomic E-state index is -0.436. The molecule has 1 aliphatic carbocycles. The van der Waals surface area contributed by atoms with Crippen LogP contribution in [0.4, 0.5) is 16.2 Å². The predicted octanol–water partition coefficient (Wildman–Crippen LogP) is 6.50. The predicted molar refractivity (Wildman–Crippen MR) is 163 cm³/mol. The van der Waals surface area contributed by atoms with E-state index in [4.69, 9.17) is 4.74 Å². The van der Waals surface area contributed by atoms with Crippen LogP contribution in [-0.4, -0.2) is 39.7 Å². The molecule has 0 bridgehead atoms. The van der Waals surface area contributed by atoms with Gasteiger partial charge in [0.05, 0.1) is 24.4 Å². The minimum absolute atomic E-state index is 0.211. The summed E-state index contributed by atoms with van der Waals surface area (Å²) in [6.07, 6.45) is 5.33. The Bertz CT molecular complexity index is 1520. The number of nitrogens with zero attached hydrogens (tertiary/aromatic N) is 3. The van der Waals surface area contributed by atoms with Crippen molar-refractivity contribution in [3.8, 4) is 16.9 Å². The number of carbonyl (C=O) groups is 2. The number of rotatable bonds is 8. The zero-order chi connectivity index (χ0) is 29.6. The second kappa shape index (κ2) is 12.8. The topological polar surface area (TPSA) is 134 Å². The van der Waals surface area contributed by atoms with Gasteiger partial charge in [-0.15, -0.1) is 5.10 Å². The summed E-state index contributed by atoms with van der Waals surface area (Å²) in [6.45, 7) is 5.94. The molecule has 218 valence electrons. The van der Waals surface area contributed by atoms with E-state index in [2.05, 4.69) is 36.6 Å². The lowest BCUT2D eigenvalue weighted by atomic mass is 9.83. The van der Waals surface area contributed by atoms with Gasteiger partial charge in [-0.1, -0.05) is 55.2 Å². The Morgan fingerprint density at radius 3 is 2.24 bits per heavy atom. The molecule has 1 aromatic heterocycles. The van der Waals surface area contributed by atoms with E-state index in [0.29, 0.717) is 17.1 Å². The van der Waals surface area contributed by atoms with Gasteiger partial charge in [0.25, 0.3) is 5.91 Å². The normalized spacial score (nSPS) is 14.2. The number of nitrogens with one attached hydrogen (secondary N) is 4. The highest BCUT2D eigenvalue weighted by atomic mass is 16.5. The number of aromatic nitrogens is 4. The van der Waals surface area contributed by atoms with Gasteiger partial charge in [0.1, 0.15) is 5.75 Å². The average molecular weight is 568 g/mol. The first-order chi connectivity index (χ1) is 20.3. The summed E-state index contributed by atoms with van der Waals surface area (Å²) < 4.78 is 5.30. The molecule has 1 fully saturated rings. The van der Waals surface area contributed by atoms with Gasteiger partial charge in [-0.2, -0.15) is 0 Å². The lowest BCUT2D eigenvalue weighted by molar-refractivity contribution is 0.0910. The van der Waals surface area contributed by atoms with Gasteiger partial charge in [0.15, 0.2) is 5.82 Å². The highest BCUT2D eigenvalue weighted by Gasteiger charge is 2.30. The maximum absolute atomic E-state index is 13.8. The van der Waals surface area contributed by atoms with Crippen LogP contribution in [0.25, 0.3) is 11.1 Å². The van der Waals surface area contributed by atoms with Gasteiger partial charge in [0, 0.05) is 5.69 Å². The number of hydrogen-bond donors (Lipinski definition) is 4. The number of benzene rings is 3. The third kappa shape index (κ3) is 6.59. The molecule has 0 aliphatic heterocycles. The molecule has 3 aromatic carbocycles. The summed E-state index contributed by atoms with van der Waals surface area (Å²) in [5.41, 5.74) is 6.28. The van der Waals surface area contributed by atoms with Gasteiger partial charge in [-0.05, 0) is 96.5 Å². The number of aryl methyl sites for hydroxylation is 3. The van der Waals surface area contributed by atoms with Gasteiger partial charge >= 0.3 is 6.03 Å². The summed E-state index contributed by atoms with van der Waals surface area (Å²) in [4.78, 5) is 27.2. The third-order valence-corrected chi connectivity index (χ3v) is 7.92. The van der Waals surface area contributed by atoms with E-state index in [1.807, 2.05) is 69.3 Å². The number of ether oxygens (including phenoxy) is 1. The third-order valence-electron chi connectivity index (χ3n) is 7.92. The quantitative estimate of drug-likeness (QED) is 0.192. The molecule has 0 radical (unpaired) electrons. The van der Waals surface area contributed by atoms with Crippen molar-refractivity contribution < 1.29 is 14.3 Å². The van der Waals surface area contributed by atoms with Crippen LogP contribution in [0.3, 0.4) is 0 Å². The van der Waals surface area contributed by atoms with Crippen molar-refractivity contribution in [2.45, 2.75) is 58.9 Å². The molecule has 1 atom stereocenters. The van der Waals surface area contributed by atoms with Crippen LogP contribution in [0, 0.1) is 26.7 Å². The first kappa shape index (κ1) is 28.8. The number of tetrazole rings is 1. The van der Waals surface area contributed by atoms with E-state index in [-0.39, 0.29) is 17.9 Å². The van der Waals surface area contributed by atoms with Crippen LogP contribution in [0.2, 0.25) is 0 Å². The minimum Gasteiger partial charge on any atom is -0.497 e. The fourth-order valence-electron chi connectivity index (χ4n) is 5.85. The number of anilines is 2. The molecule has 1 unspecified atom stereocenters. The molecule has 1 heterocycles. The number of hydrogen-bond acceptors (Lipinski definition) is 6. The Kier molecular flexibility index (Phi) is 8.80. The molecule has 10 heteroatoms. The Morgan fingerprint density at radius 2 is 1.60 bits per heavy atom. The summed E-state index contributed by atoms with van der Waals surface area (Å²) in [5.74, 6) is 1.17. The van der Waals surface area contributed by atoms with E-state index in [1.54, 1.807) is 13.2 Å². The van der Waals surface area contributed by atoms with E-state index in [9.17, 15) is 9.59 Å². The summed E-state index contributed by atoms with van der Waals surface area (Å²) >= 11 is 0. The number of methoxy groups -OCH3 is 1. The zero-order valence-electron chi connectivity index (χ0n) is 24.5. The van der Waals surface area contributed by atoms with E-state index < -0.39 is 6.03 Å². The van der Waals surface area contributed by atoms with Gasteiger partial charge in [-0.3, -0.25) is 4.79 Å². The fraction of sp³-hybridized carbons (Fsp3) is 0.344. The van der Waals surface area contributed by atoms with Gasteiger partial charge in [-0.25, -0.2) is 9.89 Å². The second-order valence-corrected chi connectivity index (χ2v) is 11.0. The van der Waals surface area contributed by atoms with E-state index in [0.717, 1.165) is 64.9 Å². The number of aromatic amines is 1. The van der Waals surface area contributed by atoms with Crippen LogP contribution in [0.15, 0.2) is 54.6 Å². The molecule has 0 saturated heterocycles. The molecule has 3 amide bonds. The Hall–Kier alpha value is -4.73. The maximum atomic E-state index is 13.8. The largest absolute Gasteiger partial charge is 0.497 e. The molecule has 0 spiro atoms. The average Bonchev–Trinajstić information content (AvgIpc) is 3.53. The van der Waals surface area contributed by atoms with Crippen molar-refractivity contribution in [2.24, 2.45) is 5.92 Å². The molecule has 5 rings (SSSR count). The Labute approximate surface area is 245 Å². The number of carbonyl (C=O) groups excluding carboxylic acids is 2. The highest BCUT2D eigenvalue weighted by molar-refractivity contribution is 6.07. The smallest absolute Gasteiger partial charge is 0.323 e. The fourth-order valence-corrected chi connectivity index (χ4v) is 5.85. The van der Waals surface area contributed by atoms with Crippen molar-refractivity contribution in [1.29, 1.82) is 0 Å². The van der Waals surface area contributed by atoms with Crippen LogP contribution < -0.4 is 20.7 Å². The van der Waals surface area contributed by atoms with Crippen LogP contribution >= 0.6 is 0 Å². The second-order valence-electron chi connectivity index (χ2n) is 11.0. The standard InChI is InChI=1S/C32H37N7O3/c1-19-16-20(2)28(21(3)17-19)35-32(41)33-27-18-24(22-10-13-25(42-4)14-11-22)12-15-26(27)31(40)34-29(30-36-38-39-37-30)23-8-6-5-7-9-23/h10-18,23,29H,5-9H2,1-4H3,(H,34,40)(H2,33,35,41)(H,36,37,38,39). The molecule has 4 aromatic rings. The molecular formula is C32H37N7O3. The summed E-state index contributed by atoms with van der Waals surface area (Å²) in [6, 6.07) is 16.3. The zero-order valence-corrected chi connectivity index (χ0v) is 24.5.